The topological polar surface area (TPSA) is 101 Å². The molecule has 0 atom stereocenters. The van der Waals surface area contributed by atoms with Crippen molar-refractivity contribution in [2.75, 3.05) is 24.5 Å². The number of anilines is 1. The molecule has 0 bridgehead atoms. The number of benzene rings is 1. The molecule has 0 saturated carbocycles. The van der Waals surface area contributed by atoms with Crippen molar-refractivity contribution in [2.24, 2.45) is 11.1 Å². The summed E-state index contributed by atoms with van der Waals surface area (Å²) in [5, 5.41) is 2.59. The molecule has 29 heavy (non-hydrogen) atoms. The van der Waals surface area contributed by atoms with Crippen molar-refractivity contribution >= 4 is 17.8 Å². The highest BCUT2D eigenvalue weighted by atomic mass is 19.1. The molecule has 2 heterocycles. The minimum Gasteiger partial charge on any atom is -0.368 e. The van der Waals surface area contributed by atoms with Crippen LogP contribution in [-0.4, -0.2) is 41.4 Å². The monoisotopic (exact) mass is 397 g/mol. The first-order valence-electron chi connectivity index (χ1n) is 9.79. The number of halogens is 1. The van der Waals surface area contributed by atoms with E-state index in [1.807, 2.05) is 11.8 Å². The maximum absolute atomic E-state index is 14.2. The number of amides is 2. The highest BCUT2D eigenvalue weighted by Crippen LogP contribution is 2.38. The van der Waals surface area contributed by atoms with Gasteiger partial charge in [0.2, 0.25) is 17.8 Å². The number of nitrogens with one attached hydrogen (secondary N) is 1. The molecule has 7 nitrogen and oxygen atoms in total. The summed E-state index contributed by atoms with van der Waals surface area (Å²) < 4.78 is 14.2. The van der Waals surface area contributed by atoms with Crippen LogP contribution in [0.25, 0.3) is 0 Å². The number of carbonyl (C=O) groups is 2. The smallest absolute Gasteiger partial charge is 0.236 e. The van der Waals surface area contributed by atoms with Gasteiger partial charge in [-0.3, -0.25) is 9.59 Å². The van der Waals surface area contributed by atoms with E-state index >= 15 is 0 Å². The minimum absolute atomic E-state index is 0.227. The van der Waals surface area contributed by atoms with Crippen molar-refractivity contribution in [1.82, 2.24) is 15.3 Å². The third kappa shape index (κ3) is 3.66. The number of nitrogens with zero attached hydrogens (tertiary/aromatic N) is 3. The molecular formula is C21H24FN5O2. The number of aryl methyl sites for hydroxylation is 2. The van der Waals surface area contributed by atoms with Crippen molar-refractivity contribution in [3.8, 4) is 0 Å². The van der Waals surface area contributed by atoms with Crippen LogP contribution in [0.1, 0.15) is 28.9 Å². The standard InChI is InChI=1S/C21H24FN5O2/c1-13-15-6-4-8-17(15)26-20(25-13)27-11-21(12-27,19(29)24-10-18(23)28)9-14-5-2-3-7-16(14)22/h2-3,5,7H,4,6,8-12H2,1H3,(H2,23,28)(H,24,29). The maximum Gasteiger partial charge on any atom is 0.236 e. The maximum atomic E-state index is 14.2. The Bertz CT molecular complexity index is 972. The predicted molar refractivity (Wildman–Crippen MR) is 106 cm³/mol. The number of carbonyl (C=O) groups excluding carboxylic acids is 2. The number of fused-ring (bicyclic) bond motifs is 1. The van der Waals surface area contributed by atoms with E-state index in [9.17, 15) is 14.0 Å². The molecule has 2 amide bonds. The van der Waals surface area contributed by atoms with E-state index in [2.05, 4.69) is 10.3 Å². The molecule has 2 aromatic rings. The van der Waals surface area contributed by atoms with Crippen LogP contribution in [0, 0.1) is 18.2 Å². The van der Waals surface area contributed by atoms with Crippen LogP contribution < -0.4 is 16.0 Å². The molecule has 1 aromatic carbocycles. The molecule has 4 rings (SSSR count). The van der Waals surface area contributed by atoms with Crippen molar-refractivity contribution in [1.29, 1.82) is 0 Å². The van der Waals surface area contributed by atoms with Gasteiger partial charge in [-0.2, -0.15) is 0 Å². The highest BCUT2D eigenvalue weighted by Gasteiger charge is 2.50. The number of nitrogens with two attached hydrogens (primary N) is 1. The molecule has 1 saturated heterocycles. The molecule has 3 N–H and O–H groups in total. The van der Waals surface area contributed by atoms with Crippen molar-refractivity contribution in [2.45, 2.75) is 32.6 Å². The summed E-state index contributed by atoms with van der Waals surface area (Å²) in [7, 11) is 0. The molecule has 0 radical (unpaired) electrons. The largest absolute Gasteiger partial charge is 0.368 e. The number of aromatic nitrogens is 2. The molecule has 1 fully saturated rings. The fourth-order valence-corrected chi connectivity index (χ4v) is 4.27. The van der Waals surface area contributed by atoms with Gasteiger partial charge in [-0.05, 0) is 49.8 Å². The zero-order valence-corrected chi connectivity index (χ0v) is 16.4. The molecule has 1 aromatic heterocycles. The Labute approximate surface area is 168 Å². The van der Waals surface area contributed by atoms with E-state index in [0.29, 0.717) is 24.6 Å². The Balaban J connectivity index is 1.57. The fraction of sp³-hybridized carbons (Fsp3) is 0.429. The number of rotatable bonds is 6. The Morgan fingerprint density at radius 2 is 2.00 bits per heavy atom. The van der Waals surface area contributed by atoms with Gasteiger partial charge in [0.1, 0.15) is 5.82 Å². The van der Waals surface area contributed by atoms with Gasteiger partial charge in [0.05, 0.1) is 12.0 Å². The van der Waals surface area contributed by atoms with E-state index in [4.69, 9.17) is 10.7 Å². The lowest BCUT2D eigenvalue weighted by molar-refractivity contribution is -0.134. The van der Waals surface area contributed by atoms with Crippen LogP contribution in [0.2, 0.25) is 0 Å². The van der Waals surface area contributed by atoms with Crippen LogP contribution in [-0.2, 0) is 28.9 Å². The summed E-state index contributed by atoms with van der Waals surface area (Å²) in [5.74, 6) is -0.672. The first-order chi connectivity index (χ1) is 13.9. The molecular weight excluding hydrogens is 373 g/mol. The van der Waals surface area contributed by atoms with Crippen LogP contribution in [0.15, 0.2) is 24.3 Å². The van der Waals surface area contributed by atoms with E-state index in [1.165, 1.54) is 11.6 Å². The predicted octanol–water partition coefficient (Wildman–Crippen LogP) is 1.06. The van der Waals surface area contributed by atoms with Crippen molar-refractivity contribution in [3.63, 3.8) is 0 Å². The Morgan fingerprint density at radius 1 is 1.24 bits per heavy atom. The fourth-order valence-electron chi connectivity index (χ4n) is 4.27. The van der Waals surface area contributed by atoms with Crippen molar-refractivity contribution < 1.29 is 14.0 Å². The molecule has 1 aliphatic heterocycles. The van der Waals surface area contributed by atoms with Gasteiger partial charge in [0, 0.05) is 24.5 Å². The first kappa shape index (κ1) is 19.3. The molecule has 152 valence electrons. The van der Waals surface area contributed by atoms with Crippen LogP contribution in [0.3, 0.4) is 0 Å². The summed E-state index contributed by atoms with van der Waals surface area (Å²) >= 11 is 0. The zero-order valence-electron chi connectivity index (χ0n) is 16.4. The van der Waals surface area contributed by atoms with Gasteiger partial charge in [0.15, 0.2) is 0 Å². The molecule has 2 aliphatic rings. The first-order valence-corrected chi connectivity index (χ1v) is 9.79. The van der Waals surface area contributed by atoms with E-state index in [-0.39, 0.29) is 24.7 Å². The molecule has 8 heteroatoms. The van der Waals surface area contributed by atoms with E-state index in [1.54, 1.807) is 18.2 Å². The third-order valence-electron chi connectivity index (χ3n) is 5.79. The van der Waals surface area contributed by atoms with Crippen LogP contribution in [0.5, 0.6) is 0 Å². The molecule has 1 aliphatic carbocycles. The Kier molecular flexibility index (Phi) is 4.94. The molecule has 0 unspecified atom stereocenters. The average Bonchev–Trinajstić information content (AvgIpc) is 3.13. The van der Waals surface area contributed by atoms with Crippen molar-refractivity contribution in [3.05, 3.63) is 52.6 Å². The van der Waals surface area contributed by atoms with Crippen LogP contribution in [0.4, 0.5) is 10.3 Å². The number of hydrogen-bond donors (Lipinski definition) is 2. The normalized spacial score (nSPS) is 16.8. The van der Waals surface area contributed by atoms with Gasteiger partial charge < -0.3 is 16.0 Å². The van der Waals surface area contributed by atoms with Gasteiger partial charge in [0.25, 0.3) is 0 Å². The minimum atomic E-state index is -0.867. The third-order valence-corrected chi connectivity index (χ3v) is 5.79. The van der Waals surface area contributed by atoms with Gasteiger partial charge in [-0.1, -0.05) is 18.2 Å². The summed E-state index contributed by atoms with van der Waals surface area (Å²) in [4.78, 5) is 35.2. The van der Waals surface area contributed by atoms with Gasteiger partial charge >= 0.3 is 0 Å². The average molecular weight is 397 g/mol. The van der Waals surface area contributed by atoms with E-state index in [0.717, 1.165) is 30.7 Å². The lowest BCUT2D eigenvalue weighted by atomic mass is 9.73. The zero-order chi connectivity index (χ0) is 20.6. The SMILES string of the molecule is Cc1nc(N2CC(Cc3ccccc3F)(C(=O)NCC(N)=O)C2)nc2c1CCC2. The van der Waals surface area contributed by atoms with E-state index < -0.39 is 11.3 Å². The summed E-state index contributed by atoms with van der Waals surface area (Å²) in [6.45, 7) is 2.45. The lowest BCUT2D eigenvalue weighted by Gasteiger charge is -2.49. The second-order valence-corrected chi connectivity index (χ2v) is 7.94. The second-order valence-electron chi connectivity index (χ2n) is 7.94. The molecule has 0 spiro atoms. The lowest BCUT2D eigenvalue weighted by Crippen LogP contribution is -2.65. The number of primary amides is 1. The summed E-state index contributed by atoms with van der Waals surface area (Å²) in [5.41, 5.74) is 8.05. The Hall–Kier alpha value is -3.03. The summed E-state index contributed by atoms with van der Waals surface area (Å²) in [6.07, 6.45) is 3.26. The number of hydrogen-bond acceptors (Lipinski definition) is 5. The van der Waals surface area contributed by atoms with Crippen LogP contribution >= 0.6 is 0 Å². The highest BCUT2D eigenvalue weighted by molar-refractivity contribution is 5.89. The van der Waals surface area contributed by atoms with Gasteiger partial charge in [-0.25, -0.2) is 14.4 Å². The quantitative estimate of drug-likeness (QED) is 0.759. The summed E-state index contributed by atoms with van der Waals surface area (Å²) in [6, 6.07) is 6.43. The second kappa shape index (κ2) is 7.42. The van der Waals surface area contributed by atoms with Gasteiger partial charge in [-0.15, -0.1) is 0 Å². The Morgan fingerprint density at radius 3 is 2.72 bits per heavy atom.